The van der Waals surface area contributed by atoms with E-state index >= 15 is 0 Å². The van der Waals surface area contributed by atoms with Crippen LogP contribution in [0.25, 0.3) is 0 Å². The van der Waals surface area contributed by atoms with Crippen molar-refractivity contribution in [2.45, 2.75) is 25.6 Å². The molecule has 1 aromatic rings. The molecule has 1 N–H and O–H groups in total. The van der Waals surface area contributed by atoms with Gasteiger partial charge in [0.15, 0.2) is 0 Å². The second kappa shape index (κ2) is 6.23. The predicted octanol–water partition coefficient (Wildman–Crippen LogP) is 3.66. The van der Waals surface area contributed by atoms with Gasteiger partial charge in [-0.1, -0.05) is 17.7 Å². The second-order valence-corrected chi connectivity index (χ2v) is 5.63. The molecule has 7 heteroatoms. The van der Waals surface area contributed by atoms with E-state index in [1.807, 2.05) is 4.90 Å². The lowest BCUT2D eigenvalue weighted by Crippen LogP contribution is -2.38. The molecule has 0 bridgehead atoms. The number of hydrogen-bond donors (Lipinski definition) is 1. The number of carboxylic acid groups (broad SMARTS) is 1. The highest BCUT2D eigenvalue weighted by atomic mass is 35.5. The van der Waals surface area contributed by atoms with Crippen LogP contribution in [0.2, 0.25) is 5.02 Å². The Morgan fingerprint density at radius 2 is 2.14 bits per heavy atom. The van der Waals surface area contributed by atoms with E-state index in [0.717, 1.165) is 12.5 Å². The molecule has 0 radical (unpaired) electrons. The van der Waals surface area contributed by atoms with Gasteiger partial charge in [-0.25, -0.2) is 0 Å². The largest absolute Gasteiger partial charge is 0.481 e. The first-order valence-electron chi connectivity index (χ1n) is 6.58. The van der Waals surface area contributed by atoms with Crippen LogP contribution in [0.15, 0.2) is 18.2 Å². The number of benzene rings is 1. The fourth-order valence-corrected chi connectivity index (χ4v) is 2.77. The van der Waals surface area contributed by atoms with Crippen molar-refractivity contribution >= 4 is 17.6 Å². The fourth-order valence-electron chi connectivity index (χ4n) is 2.55. The number of likely N-dealkylation sites (tertiary alicyclic amines) is 1. The molecule has 0 amide bonds. The van der Waals surface area contributed by atoms with Crippen LogP contribution >= 0.6 is 11.6 Å². The number of carbonyl (C=O) groups is 1. The number of hydrogen-bond acceptors (Lipinski definition) is 2. The van der Waals surface area contributed by atoms with E-state index < -0.39 is 23.6 Å². The Hall–Kier alpha value is -1.27. The minimum Gasteiger partial charge on any atom is -0.481 e. The van der Waals surface area contributed by atoms with E-state index in [9.17, 15) is 18.0 Å². The molecule has 1 saturated heterocycles. The van der Waals surface area contributed by atoms with Gasteiger partial charge in [0.05, 0.1) is 16.5 Å². The average molecular weight is 322 g/mol. The minimum absolute atomic E-state index is 0.296. The summed E-state index contributed by atoms with van der Waals surface area (Å²) in [7, 11) is 0. The van der Waals surface area contributed by atoms with Crippen LogP contribution in [0.3, 0.4) is 0 Å². The first-order chi connectivity index (χ1) is 9.77. The van der Waals surface area contributed by atoms with Crippen LogP contribution in [-0.4, -0.2) is 29.1 Å². The number of carboxylic acids is 1. The molecule has 0 aliphatic carbocycles. The molecule has 1 aromatic carbocycles. The average Bonchev–Trinajstić information content (AvgIpc) is 2.40. The van der Waals surface area contributed by atoms with Crippen LogP contribution in [0.5, 0.6) is 0 Å². The SMILES string of the molecule is O=C(O)C1CCCN(Cc2ccc(Cl)c(C(F)(F)F)c2)C1. The van der Waals surface area contributed by atoms with Crippen LogP contribution in [0, 0.1) is 5.92 Å². The summed E-state index contributed by atoms with van der Waals surface area (Å²) in [4.78, 5) is 12.9. The number of alkyl halides is 3. The van der Waals surface area contributed by atoms with E-state index in [1.54, 1.807) is 6.07 Å². The van der Waals surface area contributed by atoms with Crippen LogP contribution in [0.4, 0.5) is 13.2 Å². The quantitative estimate of drug-likeness (QED) is 0.923. The van der Waals surface area contributed by atoms with Crippen molar-refractivity contribution in [2.75, 3.05) is 13.1 Å². The third-order valence-electron chi connectivity index (χ3n) is 3.60. The molecule has 116 valence electrons. The number of nitrogens with zero attached hydrogens (tertiary/aromatic N) is 1. The normalized spacial score (nSPS) is 20.5. The highest BCUT2D eigenvalue weighted by Gasteiger charge is 2.33. The maximum absolute atomic E-state index is 12.8. The van der Waals surface area contributed by atoms with Gasteiger partial charge in [0, 0.05) is 13.1 Å². The topological polar surface area (TPSA) is 40.5 Å². The molecule has 3 nitrogen and oxygen atoms in total. The fraction of sp³-hybridized carbons (Fsp3) is 0.500. The van der Waals surface area contributed by atoms with E-state index in [-0.39, 0.29) is 5.02 Å². The van der Waals surface area contributed by atoms with E-state index in [0.29, 0.717) is 31.6 Å². The molecule has 1 aliphatic heterocycles. The number of rotatable bonds is 3. The smallest absolute Gasteiger partial charge is 0.417 e. The summed E-state index contributed by atoms with van der Waals surface area (Å²) < 4.78 is 38.4. The van der Waals surface area contributed by atoms with Gasteiger partial charge >= 0.3 is 12.1 Å². The van der Waals surface area contributed by atoms with Crippen molar-refractivity contribution in [3.8, 4) is 0 Å². The molecule has 1 aliphatic rings. The van der Waals surface area contributed by atoms with Crippen molar-refractivity contribution in [1.29, 1.82) is 0 Å². The summed E-state index contributed by atoms with van der Waals surface area (Å²) in [5.41, 5.74) is -0.369. The van der Waals surface area contributed by atoms with Crippen molar-refractivity contribution in [1.82, 2.24) is 4.90 Å². The van der Waals surface area contributed by atoms with Crippen molar-refractivity contribution in [2.24, 2.45) is 5.92 Å². The Kier molecular flexibility index (Phi) is 4.78. The van der Waals surface area contributed by atoms with Crippen LogP contribution in [-0.2, 0) is 17.5 Å². The maximum atomic E-state index is 12.8. The first kappa shape index (κ1) is 16.1. The Balaban J connectivity index is 2.11. The van der Waals surface area contributed by atoms with Crippen molar-refractivity contribution in [3.05, 3.63) is 34.3 Å². The van der Waals surface area contributed by atoms with Gasteiger partial charge in [-0.15, -0.1) is 0 Å². The molecular formula is C14H15ClF3NO2. The molecule has 0 saturated carbocycles. The molecule has 1 heterocycles. The van der Waals surface area contributed by atoms with Crippen molar-refractivity contribution < 1.29 is 23.1 Å². The van der Waals surface area contributed by atoms with E-state index in [1.165, 1.54) is 6.07 Å². The molecule has 1 atom stereocenters. The minimum atomic E-state index is -4.49. The lowest BCUT2D eigenvalue weighted by atomic mass is 9.97. The van der Waals surface area contributed by atoms with Crippen LogP contribution in [0.1, 0.15) is 24.0 Å². The molecule has 2 rings (SSSR count). The Morgan fingerprint density at radius 1 is 1.43 bits per heavy atom. The summed E-state index contributed by atoms with van der Waals surface area (Å²) in [6, 6.07) is 3.81. The summed E-state index contributed by atoms with van der Waals surface area (Å²) in [5.74, 6) is -1.31. The zero-order valence-corrected chi connectivity index (χ0v) is 11.9. The Morgan fingerprint density at radius 3 is 2.76 bits per heavy atom. The third-order valence-corrected chi connectivity index (χ3v) is 3.93. The summed E-state index contributed by atoms with van der Waals surface area (Å²) in [6.45, 7) is 1.34. The summed E-state index contributed by atoms with van der Waals surface area (Å²) in [5, 5.41) is 8.69. The Labute approximate surface area is 125 Å². The number of aliphatic carboxylic acids is 1. The predicted molar refractivity (Wildman–Crippen MR) is 72.1 cm³/mol. The van der Waals surface area contributed by atoms with Gasteiger partial charge in [0.1, 0.15) is 0 Å². The molecule has 1 unspecified atom stereocenters. The van der Waals surface area contributed by atoms with Gasteiger partial charge in [-0.2, -0.15) is 13.2 Å². The third kappa shape index (κ3) is 4.11. The van der Waals surface area contributed by atoms with E-state index in [2.05, 4.69) is 0 Å². The highest BCUT2D eigenvalue weighted by molar-refractivity contribution is 6.31. The summed E-state index contributed by atoms with van der Waals surface area (Å²) >= 11 is 5.58. The lowest BCUT2D eigenvalue weighted by Gasteiger charge is -2.30. The van der Waals surface area contributed by atoms with Gasteiger partial charge in [-0.05, 0) is 37.1 Å². The Bertz CT molecular complexity index is 533. The lowest BCUT2D eigenvalue weighted by molar-refractivity contribution is -0.143. The monoisotopic (exact) mass is 321 g/mol. The van der Waals surface area contributed by atoms with Gasteiger partial charge < -0.3 is 5.11 Å². The standard InChI is InChI=1S/C14H15ClF3NO2/c15-12-4-3-9(6-11(12)14(16,17)18)7-19-5-1-2-10(8-19)13(20)21/h3-4,6,10H,1-2,5,7-8H2,(H,20,21). The van der Waals surface area contributed by atoms with Crippen LogP contribution < -0.4 is 0 Å². The second-order valence-electron chi connectivity index (χ2n) is 5.22. The first-order valence-corrected chi connectivity index (χ1v) is 6.96. The van der Waals surface area contributed by atoms with Gasteiger partial charge in [0.2, 0.25) is 0 Å². The molecule has 1 fully saturated rings. The maximum Gasteiger partial charge on any atom is 0.417 e. The number of piperidine rings is 1. The molecular weight excluding hydrogens is 307 g/mol. The van der Waals surface area contributed by atoms with Crippen molar-refractivity contribution in [3.63, 3.8) is 0 Å². The zero-order chi connectivity index (χ0) is 15.6. The van der Waals surface area contributed by atoms with Gasteiger partial charge in [-0.3, -0.25) is 9.69 Å². The van der Waals surface area contributed by atoms with Gasteiger partial charge in [0.25, 0.3) is 0 Å². The highest BCUT2D eigenvalue weighted by Crippen LogP contribution is 2.35. The molecule has 0 aromatic heterocycles. The molecule has 21 heavy (non-hydrogen) atoms. The number of halogens is 4. The summed E-state index contributed by atoms with van der Waals surface area (Å²) in [6.07, 6.45) is -3.14. The van der Waals surface area contributed by atoms with E-state index in [4.69, 9.17) is 16.7 Å². The zero-order valence-electron chi connectivity index (χ0n) is 11.2. The molecule has 0 spiro atoms.